The van der Waals surface area contributed by atoms with Crippen molar-refractivity contribution in [3.8, 4) is 0 Å². The van der Waals surface area contributed by atoms with E-state index in [0.717, 1.165) is 0 Å². The largest absolute Gasteiger partial charge is 0.444 e. The lowest BCUT2D eigenvalue weighted by Crippen LogP contribution is -2.35. The van der Waals surface area contributed by atoms with Crippen LogP contribution in [0.5, 0.6) is 0 Å². The van der Waals surface area contributed by atoms with E-state index in [1.54, 1.807) is 26.8 Å². The molecule has 0 aliphatic heterocycles. The van der Waals surface area contributed by atoms with Crippen LogP contribution < -0.4 is 5.32 Å². The molecule has 1 N–H and O–H groups in total. The minimum Gasteiger partial charge on any atom is -0.444 e. The number of amides is 1. The van der Waals surface area contributed by atoms with Gasteiger partial charge in [0.05, 0.1) is 6.04 Å². The van der Waals surface area contributed by atoms with Gasteiger partial charge in [-0.05, 0) is 39.0 Å². The van der Waals surface area contributed by atoms with E-state index in [1.807, 2.05) is 0 Å². The zero-order valence-corrected chi connectivity index (χ0v) is 13.2. The van der Waals surface area contributed by atoms with E-state index < -0.39 is 23.6 Å². The second kappa shape index (κ2) is 6.83. The molecule has 0 aliphatic rings. The molecule has 6 heteroatoms. The van der Waals surface area contributed by atoms with Crippen molar-refractivity contribution >= 4 is 28.3 Å². The first-order valence-corrected chi connectivity index (χ1v) is 6.90. The van der Waals surface area contributed by atoms with Gasteiger partial charge in [0.1, 0.15) is 17.7 Å². The standard InChI is InChI=1S/C14H17BrFNO3/c1-14(2,3)20-13(19)17-12(6-7-18)10-8-9(15)4-5-11(10)16/h4-5,7-8,12H,6H2,1-3H3,(H,17,19)/t12-/m0/s1. The van der Waals surface area contributed by atoms with Crippen molar-refractivity contribution in [2.24, 2.45) is 0 Å². The van der Waals surface area contributed by atoms with Crippen LogP contribution in [0.15, 0.2) is 22.7 Å². The summed E-state index contributed by atoms with van der Waals surface area (Å²) in [7, 11) is 0. The van der Waals surface area contributed by atoms with Crippen molar-refractivity contribution < 1.29 is 18.7 Å². The summed E-state index contributed by atoms with van der Waals surface area (Å²) in [5.74, 6) is -0.490. The Morgan fingerprint density at radius 3 is 2.70 bits per heavy atom. The van der Waals surface area contributed by atoms with Gasteiger partial charge in [-0.1, -0.05) is 15.9 Å². The number of rotatable bonds is 4. The maximum atomic E-state index is 13.8. The first-order chi connectivity index (χ1) is 9.23. The number of hydrogen-bond donors (Lipinski definition) is 1. The topological polar surface area (TPSA) is 55.4 Å². The Kier molecular flexibility index (Phi) is 5.68. The van der Waals surface area contributed by atoms with Crippen LogP contribution in [0.4, 0.5) is 9.18 Å². The van der Waals surface area contributed by atoms with Gasteiger partial charge in [0.15, 0.2) is 0 Å². The van der Waals surface area contributed by atoms with Crippen molar-refractivity contribution in [2.45, 2.75) is 38.8 Å². The van der Waals surface area contributed by atoms with E-state index in [2.05, 4.69) is 21.2 Å². The molecule has 0 unspecified atom stereocenters. The fourth-order valence-electron chi connectivity index (χ4n) is 1.59. The van der Waals surface area contributed by atoms with Gasteiger partial charge in [0.2, 0.25) is 0 Å². The average Bonchev–Trinajstić information content (AvgIpc) is 2.29. The molecule has 0 heterocycles. The molecule has 20 heavy (non-hydrogen) atoms. The second-order valence-corrected chi connectivity index (χ2v) is 6.18. The van der Waals surface area contributed by atoms with Crippen LogP contribution in [-0.2, 0) is 9.53 Å². The number of halogens is 2. The van der Waals surface area contributed by atoms with Crippen molar-refractivity contribution in [3.63, 3.8) is 0 Å². The number of nitrogens with one attached hydrogen (secondary N) is 1. The fourth-order valence-corrected chi connectivity index (χ4v) is 1.97. The molecule has 0 saturated heterocycles. The smallest absolute Gasteiger partial charge is 0.408 e. The van der Waals surface area contributed by atoms with Crippen molar-refractivity contribution in [1.82, 2.24) is 5.32 Å². The van der Waals surface area contributed by atoms with E-state index in [1.165, 1.54) is 12.1 Å². The summed E-state index contributed by atoms with van der Waals surface area (Å²) in [6.07, 6.45) is -0.0987. The number of carbonyl (C=O) groups excluding carboxylic acids is 2. The summed E-state index contributed by atoms with van der Waals surface area (Å²) >= 11 is 3.23. The van der Waals surface area contributed by atoms with E-state index >= 15 is 0 Å². The zero-order valence-electron chi connectivity index (χ0n) is 11.6. The molecule has 0 radical (unpaired) electrons. The quantitative estimate of drug-likeness (QED) is 0.845. The van der Waals surface area contributed by atoms with E-state index in [0.29, 0.717) is 10.8 Å². The van der Waals surface area contributed by atoms with E-state index in [9.17, 15) is 14.0 Å². The maximum absolute atomic E-state index is 13.8. The third-order valence-electron chi connectivity index (χ3n) is 2.36. The van der Waals surface area contributed by atoms with Crippen LogP contribution in [0.25, 0.3) is 0 Å². The minimum atomic E-state index is -0.764. The third-order valence-corrected chi connectivity index (χ3v) is 2.85. The monoisotopic (exact) mass is 345 g/mol. The van der Waals surface area contributed by atoms with Crippen LogP contribution in [0.3, 0.4) is 0 Å². The third kappa shape index (κ3) is 5.28. The Bertz CT molecular complexity index is 500. The highest BCUT2D eigenvalue weighted by atomic mass is 79.9. The average molecular weight is 346 g/mol. The summed E-state index contributed by atoms with van der Waals surface area (Å²) in [6, 6.07) is 3.58. The fraction of sp³-hybridized carbons (Fsp3) is 0.429. The number of ether oxygens (including phenoxy) is 1. The predicted octanol–water partition coefficient (Wildman–Crippen LogP) is 3.74. The normalized spacial score (nSPS) is 12.7. The van der Waals surface area contributed by atoms with E-state index in [4.69, 9.17) is 4.74 Å². The molecule has 1 amide bonds. The molecular weight excluding hydrogens is 329 g/mol. The van der Waals surface area contributed by atoms with Crippen molar-refractivity contribution in [2.75, 3.05) is 0 Å². The van der Waals surface area contributed by atoms with Crippen molar-refractivity contribution in [1.29, 1.82) is 0 Å². The van der Waals surface area contributed by atoms with Gasteiger partial charge in [-0.2, -0.15) is 0 Å². The number of alkyl carbamates (subject to hydrolysis) is 1. The molecule has 1 atom stereocenters. The Labute approximate surface area is 125 Å². The molecular formula is C14H17BrFNO3. The summed E-state index contributed by atoms with van der Waals surface area (Å²) in [4.78, 5) is 22.5. The molecule has 0 aliphatic carbocycles. The summed E-state index contributed by atoms with van der Waals surface area (Å²) < 4.78 is 19.6. The molecule has 1 aromatic rings. The molecule has 110 valence electrons. The molecule has 1 aromatic carbocycles. The molecule has 0 spiro atoms. The molecule has 0 aromatic heterocycles. The maximum Gasteiger partial charge on any atom is 0.408 e. The molecule has 4 nitrogen and oxygen atoms in total. The molecule has 0 saturated carbocycles. The first-order valence-electron chi connectivity index (χ1n) is 6.11. The van der Waals surface area contributed by atoms with Crippen LogP contribution in [-0.4, -0.2) is 18.0 Å². The van der Waals surface area contributed by atoms with Crippen molar-refractivity contribution in [3.05, 3.63) is 34.1 Å². The summed E-state index contributed by atoms with van der Waals surface area (Å²) in [5.41, 5.74) is -0.427. The van der Waals surface area contributed by atoms with Gasteiger partial charge >= 0.3 is 6.09 Å². The first kappa shape index (κ1) is 16.6. The van der Waals surface area contributed by atoms with E-state index in [-0.39, 0.29) is 12.0 Å². The SMILES string of the molecule is CC(C)(C)OC(=O)N[C@@H](CC=O)c1cc(Br)ccc1F. The summed E-state index contributed by atoms with van der Waals surface area (Å²) in [5, 5.41) is 2.51. The number of aldehydes is 1. The van der Waals surface area contributed by atoms with Crippen LogP contribution >= 0.6 is 15.9 Å². The second-order valence-electron chi connectivity index (χ2n) is 5.27. The van der Waals surface area contributed by atoms with Gasteiger partial charge < -0.3 is 14.8 Å². The summed E-state index contributed by atoms with van der Waals surface area (Å²) in [6.45, 7) is 5.17. The Balaban J connectivity index is 2.91. The van der Waals surface area contributed by atoms with Gasteiger partial charge in [-0.25, -0.2) is 9.18 Å². The van der Waals surface area contributed by atoms with Crippen LogP contribution in [0, 0.1) is 5.82 Å². The molecule has 0 fully saturated rings. The van der Waals surface area contributed by atoms with Gasteiger partial charge in [0, 0.05) is 16.5 Å². The molecule has 0 bridgehead atoms. The lowest BCUT2D eigenvalue weighted by Gasteiger charge is -2.23. The lowest BCUT2D eigenvalue weighted by atomic mass is 10.0. The Morgan fingerprint density at radius 2 is 2.15 bits per heavy atom. The minimum absolute atomic E-state index is 0.0351. The lowest BCUT2D eigenvalue weighted by molar-refractivity contribution is -0.108. The zero-order chi connectivity index (χ0) is 15.3. The van der Waals surface area contributed by atoms with Gasteiger partial charge in [0.25, 0.3) is 0 Å². The van der Waals surface area contributed by atoms with Crippen LogP contribution in [0.1, 0.15) is 38.8 Å². The highest BCUT2D eigenvalue weighted by molar-refractivity contribution is 9.10. The number of carbonyl (C=O) groups is 2. The van der Waals surface area contributed by atoms with Gasteiger partial charge in [-0.15, -0.1) is 0 Å². The Morgan fingerprint density at radius 1 is 1.50 bits per heavy atom. The van der Waals surface area contributed by atoms with Gasteiger partial charge in [-0.3, -0.25) is 0 Å². The highest BCUT2D eigenvalue weighted by Crippen LogP contribution is 2.24. The number of hydrogen-bond acceptors (Lipinski definition) is 3. The highest BCUT2D eigenvalue weighted by Gasteiger charge is 2.22. The van der Waals surface area contributed by atoms with Crippen LogP contribution in [0.2, 0.25) is 0 Å². The Hall–Kier alpha value is -1.43. The molecule has 1 rings (SSSR count). The number of benzene rings is 1. The predicted molar refractivity (Wildman–Crippen MR) is 76.9 cm³/mol.